The number of nitrogens with zero attached hydrogens (tertiary/aromatic N) is 2. The first-order chi connectivity index (χ1) is 18.6. The van der Waals surface area contributed by atoms with E-state index in [-0.39, 0.29) is 6.54 Å². The quantitative estimate of drug-likeness (QED) is 0.260. The number of anilines is 1. The number of fused-ring (bicyclic) bond motifs is 2. The number of thioether (sulfide) groups is 1. The molecule has 6 rings (SSSR count). The van der Waals surface area contributed by atoms with Gasteiger partial charge in [0.2, 0.25) is 5.91 Å². The van der Waals surface area contributed by atoms with Crippen LogP contribution in [0.5, 0.6) is 0 Å². The zero-order valence-electron chi connectivity index (χ0n) is 20.3. The molecule has 0 bridgehead atoms. The van der Waals surface area contributed by atoms with Gasteiger partial charge in [-0.05, 0) is 52.4 Å². The van der Waals surface area contributed by atoms with Crippen LogP contribution in [0.3, 0.4) is 0 Å². The molecule has 1 aliphatic rings. The molecule has 4 aromatic carbocycles. The lowest BCUT2D eigenvalue weighted by Crippen LogP contribution is -2.36. The molecule has 1 aliphatic heterocycles. The van der Waals surface area contributed by atoms with E-state index in [9.17, 15) is 14.4 Å². The highest BCUT2D eigenvalue weighted by molar-refractivity contribution is 8.18. The molecule has 0 aliphatic carbocycles. The first kappa shape index (κ1) is 23.8. The maximum atomic E-state index is 13.1. The third kappa shape index (κ3) is 4.60. The minimum Gasteiger partial charge on any atom is -0.342 e. The van der Waals surface area contributed by atoms with E-state index >= 15 is 0 Å². The largest absolute Gasteiger partial charge is 0.342 e. The van der Waals surface area contributed by atoms with Crippen molar-refractivity contribution in [2.24, 2.45) is 0 Å². The van der Waals surface area contributed by atoms with Crippen LogP contribution in [0, 0.1) is 0 Å². The zero-order valence-corrected chi connectivity index (χ0v) is 21.2. The topological polar surface area (TPSA) is 71.4 Å². The second-order valence-corrected chi connectivity index (χ2v) is 10.0. The van der Waals surface area contributed by atoms with Crippen molar-refractivity contribution in [3.63, 3.8) is 0 Å². The molecular weight excluding hydrogens is 494 g/mol. The summed E-state index contributed by atoms with van der Waals surface area (Å²) < 4.78 is 2.17. The van der Waals surface area contributed by atoms with Crippen molar-refractivity contribution in [2.75, 3.05) is 11.9 Å². The lowest BCUT2D eigenvalue weighted by molar-refractivity contribution is -0.127. The van der Waals surface area contributed by atoms with E-state index in [1.54, 1.807) is 30.3 Å². The van der Waals surface area contributed by atoms with Gasteiger partial charge in [-0.25, -0.2) is 0 Å². The molecule has 1 fully saturated rings. The van der Waals surface area contributed by atoms with Gasteiger partial charge in [0, 0.05) is 34.9 Å². The molecular formula is C31H23N3O3S. The highest BCUT2D eigenvalue weighted by atomic mass is 32.2. The van der Waals surface area contributed by atoms with Gasteiger partial charge >= 0.3 is 0 Å². The number of benzene rings is 4. The molecule has 0 atom stereocenters. The fourth-order valence-corrected chi connectivity index (χ4v) is 5.61. The Morgan fingerprint density at radius 3 is 2.37 bits per heavy atom. The van der Waals surface area contributed by atoms with Crippen LogP contribution in [0.4, 0.5) is 10.5 Å². The zero-order chi connectivity index (χ0) is 26.1. The van der Waals surface area contributed by atoms with Crippen LogP contribution in [0.15, 0.2) is 108 Å². The second-order valence-electron chi connectivity index (χ2n) is 9.05. The van der Waals surface area contributed by atoms with Gasteiger partial charge < -0.3 is 9.88 Å². The maximum absolute atomic E-state index is 13.1. The number of rotatable bonds is 6. The van der Waals surface area contributed by atoms with Crippen molar-refractivity contribution < 1.29 is 14.4 Å². The van der Waals surface area contributed by atoms with Crippen molar-refractivity contribution >= 4 is 62.3 Å². The van der Waals surface area contributed by atoms with Gasteiger partial charge in [-0.2, -0.15) is 0 Å². The van der Waals surface area contributed by atoms with Gasteiger partial charge in [-0.1, -0.05) is 78.9 Å². The Morgan fingerprint density at radius 1 is 0.816 bits per heavy atom. The van der Waals surface area contributed by atoms with Crippen molar-refractivity contribution in [1.82, 2.24) is 9.47 Å². The van der Waals surface area contributed by atoms with E-state index in [2.05, 4.69) is 46.3 Å². The SMILES string of the molecule is O=C(CN1C(=O)S/C(=C\c2cn(Cc3cccc4ccccc34)c3ccccc23)C1=O)Nc1ccccc1. The Kier molecular flexibility index (Phi) is 6.27. The highest BCUT2D eigenvalue weighted by Gasteiger charge is 2.36. The predicted molar refractivity (Wildman–Crippen MR) is 153 cm³/mol. The van der Waals surface area contributed by atoms with Crippen LogP contribution in [0.25, 0.3) is 27.8 Å². The van der Waals surface area contributed by atoms with E-state index in [0.29, 0.717) is 17.1 Å². The second kappa shape index (κ2) is 10.0. The Bertz CT molecular complexity index is 1730. The van der Waals surface area contributed by atoms with Gasteiger partial charge in [0.25, 0.3) is 11.1 Å². The molecule has 2 heterocycles. The molecule has 0 unspecified atom stereocenters. The van der Waals surface area contributed by atoms with E-state index in [1.165, 1.54) is 16.3 Å². The number of aromatic nitrogens is 1. The number of nitrogens with one attached hydrogen (secondary N) is 1. The number of imide groups is 1. The summed E-state index contributed by atoms with van der Waals surface area (Å²) in [6, 6.07) is 31.6. The fourth-order valence-electron chi connectivity index (χ4n) is 4.78. The minimum atomic E-state index is -0.464. The minimum absolute atomic E-state index is 0.301. The number of carbonyl (C=O) groups is 3. The van der Waals surface area contributed by atoms with E-state index < -0.39 is 17.1 Å². The number of para-hydroxylation sites is 2. The summed E-state index contributed by atoms with van der Waals surface area (Å²) in [4.78, 5) is 39.5. The van der Waals surface area contributed by atoms with Crippen LogP contribution in [0.1, 0.15) is 11.1 Å². The third-order valence-corrected chi connectivity index (χ3v) is 7.47. The smallest absolute Gasteiger partial charge is 0.294 e. The molecule has 5 aromatic rings. The average molecular weight is 518 g/mol. The normalized spacial score (nSPS) is 14.6. The molecule has 0 radical (unpaired) electrons. The molecule has 6 nitrogen and oxygen atoms in total. The third-order valence-electron chi connectivity index (χ3n) is 6.56. The number of carbonyl (C=O) groups excluding carboxylic acids is 3. The van der Waals surface area contributed by atoms with Crippen LogP contribution < -0.4 is 5.32 Å². The summed E-state index contributed by atoms with van der Waals surface area (Å²) in [6.07, 6.45) is 3.77. The van der Waals surface area contributed by atoms with Crippen LogP contribution in [-0.2, 0) is 16.1 Å². The Morgan fingerprint density at radius 2 is 1.53 bits per heavy atom. The van der Waals surface area contributed by atoms with Gasteiger partial charge in [0.1, 0.15) is 6.54 Å². The van der Waals surface area contributed by atoms with Crippen molar-refractivity contribution in [1.29, 1.82) is 0 Å². The predicted octanol–water partition coefficient (Wildman–Crippen LogP) is 6.52. The van der Waals surface area contributed by atoms with Crippen LogP contribution in [0.2, 0.25) is 0 Å². The molecule has 1 saturated heterocycles. The molecule has 1 N–H and O–H groups in total. The van der Waals surface area contributed by atoms with Crippen LogP contribution in [-0.4, -0.2) is 33.1 Å². The van der Waals surface area contributed by atoms with Gasteiger partial charge in [0.05, 0.1) is 4.91 Å². The Hall–Kier alpha value is -4.62. The molecule has 186 valence electrons. The molecule has 7 heteroatoms. The standard InChI is InChI=1S/C31H23N3O3S/c35-29(32-24-12-2-1-3-13-24)20-34-30(36)28(38-31(34)37)17-23-19-33(27-16-7-6-15-26(23)27)18-22-11-8-10-21-9-4-5-14-25(21)22/h1-17,19H,18,20H2,(H,32,35)/b28-17-. The number of amides is 3. The molecule has 1 aromatic heterocycles. The number of hydrogen-bond acceptors (Lipinski definition) is 4. The maximum Gasteiger partial charge on any atom is 0.294 e. The summed E-state index contributed by atoms with van der Waals surface area (Å²) in [7, 11) is 0. The Labute approximate surface area is 223 Å². The van der Waals surface area contributed by atoms with E-state index in [1.807, 2.05) is 42.6 Å². The highest BCUT2D eigenvalue weighted by Crippen LogP contribution is 2.34. The van der Waals surface area contributed by atoms with E-state index in [0.717, 1.165) is 33.1 Å². The summed E-state index contributed by atoms with van der Waals surface area (Å²) in [6.45, 7) is 0.330. The summed E-state index contributed by atoms with van der Waals surface area (Å²) in [5.41, 5.74) is 3.69. The Balaban J connectivity index is 1.28. The lowest BCUT2D eigenvalue weighted by atomic mass is 10.0. The van der Waals surface area contributed by atoms with Crippen LogP contribution >= 0.6 is 11.8 Å². The summed E-state index contributed by atoms with van der Waals surface area (Å²) in [5, 5.41) is 5.64. The summed E-state index contributed by atoms with van der Waals surface area (Å²) in [5.74, 6) is -0.888. The lowest BCUT2D eigenvalue weighted by Gasteiger charge is -2.12. The molecule has 0 spiro atoms. The first-order valence-corrected chi connectivity index (χ1v) is 13.0. The molecule has 0 saturated carbocycles. The van der Waals surface area contributed by atoms with Gasteiger partial charge in [-0.15, -0.1) is 0 Å². The van der Waals surface area contributed by atoms with Gasteiger partial charge in [0.15, 0.2) is 0 Å². The number of hydrogen-bond donors (Lipinski definition) is 1. The van der Waals surface area contributed by atoms with Crippen molar-refractivity contribution in [3.8, 4) is 0 Å². The molecule has 38 heavy (non-hydrogen) atoms. The summed E-state index contributed by atoms with van der Waals surface area (Å²) >= 11 is 0.858. The first-order valence-electron chi connectivity index (χ1n) is 12.2. The average Bonchev–Trinajstić information content (AvgIpc) is 3.41. The van der Waals surface area contributed by atoms with Gasteiger partial charge in [-0.3, -0.25) is 19.3 Å². The molecule has 3 amide bonds. The van der Waals surface area contributed by atoms with Crippen molar-refractivity contribution in [2.45, 2.75) is 6.54 Å². The van der Waals surface area contributed by atoms with E-state index in [4.69, 9.17) is 0 Å². The fraction of sp³-hybridized carbons (Fsp3) is 0.0645. The monoisotopic (exact) mass is 517 g/mol. The van der Waals surface area contributed by atoms with Crippen molar-refractivity contribution in [3.05, 3.63) is 119 Å².